The number of nitrogens with two attached hydrogens (primary N) is 3. The van der Waals surface area contributed by atoms with Gasteiger partial charge in [0.25, 0.3) is 0 Å². The number of esters is 2. The first-order chi connectivity index (χ1) is 12.1. The molecule has 0 saturated heterocycles. The van der Waals surface area contributed by atoms with Crippen LogP contribution in [0.2, 0.25) is 0 Å². The number of carboxylic acids is 2. The molecule has 3 unspecified atom stereocenters. The van der Waals surface area contributed by atoms with Crippen LogP contribution in [0.25, 0.3) is 0 Å². The molecule has 0 aliphatic heterocycles. The van der Waals surface area contributed by atoms with Crippen molar-refractivity contribution in [3.05, 3.63) is 0 Å². The maximum Gasteiger partial charge on any atom is 0.322 e. The summed E-state index contributed by atoms with van der Waals surface area (Å²) in [6.07, 6.45) is 0.313. The molecule has 0 aromatic rings. The molecule has 0 radical (unpaired) electrons. The van der Waals surface area contributed by atoms with Crippen molar-refractivity contribution in [3.63, 3.8) is 0 Å². The minimum Gasteiger partial charge on any atom is -0.481 e. The highest BCUT2D eigenvalue weighted by Gasteiger charge is 2.18. The summed E-state index contributed by atoms with van der Waals surface area (Å²) in [6.45, 7) is -0.0367. The van der Waals surface area contributed by atoms with Crippen molar-refractivity contribution in [2.45, 2.75) is 56.7 Å². The van der Waals surface area contributed by atoms with Crippen LogP contribution in [0.15, 0.2) is 0 Å². The minimum absolute atomic E-state index is 0.00817. The Morgan fingerprint density at radius 1 is 0.769 bits per heavy atom. The molecule has 26 heavy (non-hydrogen) atoms. The Kier molecular flexibility index (Phi) is 11.9. The van der Waals surface area contributed by atoms with Gasteiger partial charge in [0.05, 0.1) is 6.61 Å². The van der Waals surface area contributed by atoms with Crippen LogP contribution in [0.4, 0.5) is 0 Å². The fraction of sp³-hybridized carbons (Fsp3) is 0.733. The van der Waals surface area contributed by atoms with E-state index in [4.69, 9.17) is 36.9 Å². The number of rotatable bonds is 14. The summed E-state index contributed by atoms with van der Waals surface area (Å²) in [6, 6.07) is -2.51. The van der Waals surface area contributed by atoms with Gasteiger partial charge in [-0.3, -0.25) is 19.2 Å². The molecule has 0 rings (SSSR count). The topological polar surface area (TPSA) is 205 Å². The zero-order chi connectivity index (χ0) is 20.1. The Labute approximate surface area is 150 Å². The van der Waals surface area contributed by atoms with Gasteiger partial charge < -0.3 is 36.9 Å². The SMILES string of the molecule is NC(CCCOC(=O)C(N)CCC(=O)O)COC(=O)C(N)CCC(=O)O. The van der Waals surface area contributed by atoms with E-state index >= 15 is 0 Å². The van der Waals surface area contributed by atoms with Crippen molar-refractivity contribution in [3.8, 4) is 0 Å². The number of carbonyl (C=O) groups is 4. The highest BCUT2D eigenvalue weighted by Crippen LogP contribution is 2.02. The molecule has 0 aromatic carbocycles. The number of aliphatic carboxylic acids is 2. The molecule has 11 heteroatoms. The first-order valence-electron chi connectivity index (χ1n) is 8.17. The summed E-state index contributed by atoms with van der Waals surface area (Å²) in [5.74, 6) is -3.51. The van der Waals surface area contributed by atoms with Gasteiger partial charge in [-0.25, -0.2) is 0 Å². The second-order valence-electron chi connectivity index (χ2n) is 5.78. The maximum atomic E-state index is 11.5. The molecule has 0 aliphatic carbocycles. The lowest BCUT2D eigenvalue weighted by Crippen LogP contribution is -2.36. The molecule has 0 aliphatic rings. The van der Waals surface area contributed by atoms with Crippen LogP contribution in [0.1, 0.15) is 38.5 Å². The van der Waals surface area contributed by atoms with E-state index in [1.807, 2.05) is 0 Å². The third kappa shape index (κ3) is 12.2. The molecular weight excluding hydrogens is 350 g/mol. The molecule has 0 bridgehead atoms. The quantitative estimate of drug-likeness (QED) is 0.175. The highest BCUT2D eigenvalue weighted by molar-refractivity contribution is 5.77. The van der Waals surface area contributed by atoms with Crippen LogP contribution in [-0.4, -0.2) is 65.4 Å². The van der Waals surface area contributed by atoms with E-state index in [9.17, 15) is 19.2 Å². The first kappa shape index (κ1) is 23.8. The van der Waals surface area contributed by atoms with Crippen LogP contribution < -0.4 is 17.2 Å². The zero-order valence-corrected chi connectivity index (χ0v) is 14.5. The summed E-state index contributed by atoms with van der Waals surface area (Å²) in [7, 11) is 0. The van der Waals surface area contributed by atoms with Gasteiger partial charge in [-0.1, -0.05) is 0 Å². The van der Waals surface area contributed by atoms with Crippen molar-refractivity contribution in [2.75, 3.05) is 13.2 Å². The molecule has 0 amide bonds. The Morgan fingerprint density at radius 3 is 1.69 bits per heavy atom. The number of hydrogen-bond acceptors (Lipinski definition) is 9. The van der Waals surface area contributed by atoms with E-state index in [1.165, 1.54) is 0 Å². The normalized spacial score (nSPS) is 14.1. The number of carboxylic acid groups (broad SMARTS) is 2. The molecule has 0 spiro atoms. The predicted octanol–water partition coefficient (Wildman–Crippen LogP) is -1.44. The van der Waals surface area contributed by atoms with Crippen LogP contribution in [-0.2, 0) is 28.7 Å². The fourth-order valence-corrected chi connectivity index (χ4v) is 1.80. The van der Waals surface area contributed by atoms with E-state index in [0.29, 0.717) is 12.8 Å². The second kappa shape index (κ2) is 13.0. The van der Waals surface area contributed by atoms with Crippen molar-refractivity contribution < 1.29 is 38.9 Å². The summed E-state index contributed by atoms with van der Waals surface area (Å²) in [5, 5.41) is 17.0. The lowest BCUT2D eigenvalue weighted by Gasteiger charge is -2.15. The molecule has 0 saturated carbocycles. The second-order valence-corrected chi connectivity index (χ2v) is 5.78. The summed E-state index contributed by atoms with van der Waals surface area (Å²) >= 11 is 0. The smallest absolute Gasteiger partial charge is 0.322 e. The largest absolute Gasteiger partial charge is 0.481 e. The van der Waals surface area contributed by atoms with E-state index < -0.39 is 42.0 Å². The van der Waals surface area contributed by atoms with Gasteiger partial charge in [0, 0.05) is 18.9 Å². The summed E-state index contributed by atoms with van der Waals surface area (Å²) < 4.78 is 9.81. The first-order valence-corrected chi connectivity index (χ1v) is 8.17. The van der Waals surface area contributed by atoms with E-state index in [2.05, 4.69) is 0 Å². The monoisotopic (exact) mass is 377 g/mol. The Hall–Kier alpha value is -2.24. The average Bonchev–Trinajstić information content (AvgIpc) is 2.58. The van der Waals surface area contributed by atoms with Crippen molar-refractivity contribution in [2.24, 2.45) is 17.2 Å². The lowest BCUT2D eigenvalue weighted by molar-refractivity contribution is -0.146. The van der Waals surface area contributed by atoms with Gasteiger partial charge in [0.2, 0.25) is 0 Å². The fourth-order valence-electron chi connectivity index (χ4n) is 1.80. The Balaban J connectivity index is 3.84. The van der Waals surface area contributed by atoms with Crippen molar-refractivity contribution >= 4 is 23.9 Å². The lowest BCUT2D eigenvalue weighted by atomic mass is 10.1. The van der Waals surface area contributed by atoms with Crippen molar-refractivity contribution in [1.82, 2.24) is 0 Å². The molecule has 11 nitrogen and oxygen atoms in total. The van der Waals surface area contributed by atoms with Crippen LogP contribution >= 0.6 is 0 Å². The predicted molar refractivity (Wildman–Crippen MR) is 88.8 cm³/mol. The van der Waals surface area contributed by atoms with Gasteiger partial charge in [-0.15, -0.1) is 0 Å². The maximum absolute atomic E-state index is 11.5. The van der Waals surface area contributed by atoms with E-state index in [1.54, 1.807) is 0 Å². The molecule has 3 atom stereocenters. The molecule has 8 N–H and O–H groups in total. The molecule has 0 heterocycles. The Bertz CT molecular complexity index is 486. The number of ether oxygens (including phenoxy) is 2. The third-order valence-corrected chi connectivity index (χ3v) is 3.35. The van der Waals surface area contributed by atoms with E-state index in [-0.39, 0.29) is 38.9 Å². The highest BCUT2D eigenvalue weighted by atomic mass is 16.5. The van der Waals surface area contributed by atoms with Gasteiger partial charge in [-0.05, 0) is 25.7 Å². The van der Waals surface area contributed by atoms with Crippen LogP contribution in [0.3, 0.4) is 0 Å². The van der Waals surface area contributed by atoms with Gasteiger partial charge >= 0.3 is 23.9 Å². The van der Waals surface area contributed by atoms with Crippen LogP contribution in [0, 0.1) is 0 Å². The molecular formula is C15H27N3O8. The third-order valence-electron chi connectivity index (χ3n) is 3.35. The van der Waals surface area contributed by atoms with Crippen molar-refractivity contribution in [1.29, 1.82) is 0 Å². The number of carbonyl (C=O) groups excluding carboxylic acids is 2. The Morgan fingerprint density at radius 2 is 1.23 bits per heavy atom. The zero-order valence-electron chi connectivity index (χ0n) is 14.5. The molecule has 150 valence electrons. The van der Waals surface area contributed by atoms with Gasteiger partial charge in [0.15, 0.2) is 0 Å². The number of hydrogen-bond donors (Lipinski definition) is 5. The minimum atomic E-state index is -1.05. The standard InChI is InChI=1S/C15H27N3O8/c16-9(8-26-15(24)11(18)4-6-13(21)22)2-1-7-25-14(23)10(17)3-5-12(19)20/h9-11H,1-8,16-18H2,(H,19,20)(H,21,22). The van der Waals surface area contributed by atoms with E-state index in [0.717, 1.165) is 0 Å². The van der Waals surface area contributed by atoms with Gasteiger partial charge in [0.1, 0.15) is 18.7 Å². The average molecular weight is 377 g/mol. The summed E-state index contributed by atoms with van der Waals surface area (Å²) in [5.41, 5.74) is 16.7. The molecule has 0 aromatic heterocycles. The van der Waals surface area contributed by atoms with Crippen LogP contribution in [0.5, 0.6) is 0 Å². The van der Waals surface area contributed by atoms with Gasteiger partial charge in [-0.2, -0.15) is 0 Å². The summed E-state index contributed by atoms with van der Waals surface area (Å²) in [4.78, 5) is 43.8. The molecule has 0 fully saturated rings.